The summed E-state index contributed by atoms with van der Waals surface area (Å²) in [5.74, 6) is -0.214. The highest BCUT2D eigenvalue weighted by molar-refractivity contribution is 9.10. The van der Waals surface area contributed by atoms with Crippen molar-refractivity contribution in [2.75, 3.05) is 7.05 Å². The predicted molar refractivity (Wildman–Crippen MR) is 78.6 cm³/mol. The van der Waals surface area contributed by atoms with Gasteiger partial charge in [-0.1, -0.05) is 18.2 Å². The molecule has 1 aromatic carbocycles. The van der Waals surface area contributed by atoms with Crippen LogP contribution in [0.15, 0.2) is 41.0 Å². The van der Waals surface area contributed by atoms with Crippen LogP contribution >= 0.6 is 15.9 Å². The largest absolute Gasteiger partial charge is 0.313 e. The number of aryl methyl sites for hydroxylation is 1. The molecule has 1 atom stereocenters. The van der Waals surface area contributed by atoms with Gasteiger partial charge in [-0.15, -0.1) is 0 Å². The van der Waals surface area contributed by atoms with E-state index in [1.165, 1.54) is 0 Å². The number of hydrogen-bond donors (Lipinski definition) is 1. The van der Waals surface area contributed by atoms with Crippen LogP contribution in [-0.4, -0.2) is 12.0 Å². The van der Waals surface area contributed by atoms with Crippen LogP contribution in [0.4, 0.5) is 4.39 Å². The minimum atomic E-state index is -0.214. The highest BCUT2D eigenvalue weighted by Crippen LogP contribution is 2.25. The minimum Gasteiger partial charge on any atom is -0.313 e. The van der Waals surface area contributed by atoms with Crippen LogP contribution in [-0.2, 0) is 6.42 Å². The first-order valence-electron chi connectivity index (χ1n) is 6.14. The van der Waals surface area contributed by atoms with E-state index in [-0.39, 0.29) is 11.9 Å². The average molecular weight is 323 g/mol. The second-order valence-electron chi connectivity index (χ2n) is 4.52. The maximum absolute atomic E-state index is 14.1. The van der Waals surface area contributed by atoms with E-state index < -0.39 is 0 Å². The summed E-state index contributed by atoms with van der Waals surface area (Å²) in [4.78, 5) is 4.37. The van der Waals surface area contributed by atoms with Gasteiger partial charge >= 0.3 is 0 Å². The second kappa shape index (κ2) is 6.26. The van der Waals surface area contributed by atoms with Crippen molar-refractivity contribution in [3.63, 3.8) is 0 Å². The Morgan fingerprint density at radius 1 is 1.32 bits per heavy atom. The van der Waals surface area contributed by atoms with Gasteiger partial charge in [-0.3, -0.25) is 4.98 Å². The van der Waals surface area contributed by atoms with Gasteiger partial charge < -0.3 is 5.32 Å². The van der Waals surface area contributed by atoms with Gasteiger partial charge in [-0.05, 0) is 47.6 Å². The number of halogens is 2. The molecule has 1 heterocycles. The minimum absolute atomic E-state index is 0.0901. The fraction of sp³-hybridized carbons (Fsp3) is 0.267. The van der Waals surface area contributed by atoms with Crippen molar-refractivity contribution in [1.82, 2.24) is 10.3 Å². The van der Waals surface area contributed by atoms with Crippen molar-refractivity contribution in [1.29, 1.82) is 0 Å². The summed E-state index contributed by atoms with van der Waals surface area (Å²) < 4.78 is 14.6. The molecule has 1 unspecified atom stereocenters. The summed E-state index contributed by atoms with van der Waals surface area (Å²) in [6, 6.07) is 9.26. The molecule has 0 saturated heterocycles. The third kappa shape index (κ3) is 3.39. The van der Waals surface area contributed by atoms with E-state index in [0.29, 0.717) is 16.5 Å². The number of nitrogens with zero attached hydrogens (tertiary/aromatic N) is 1. The molecule has 2 rings (SSSR count). The number of benzene rings is 1. The molecule has 0 aliphatic rings. The van der Waals surface area contributed by atoms with Crippen molar-refractivity contribution in [2.24, 2.45) is 0 Å². The fourth-order valence-corrected chi connectivity index (χ4v) is 2.37. The summed E-state index contributed by atoms with van der Waals surface area (Å²) >= 11 is 3.22. The molecular weight excluding hydrogens is 307 g/mol. The molecule has 0 amide bonds. The molecule has 0 bridgehead atoms. The van der Waals surface area contributed by atoms with Crippen LogP contribution in [0.3, 0.4) is 0 Å². The summed E-state index contributed by atoms with van der Waals surface area (Å²) in [7, 11) is 1.83. The Morgan fingerprint density at radius 2 is 2.11 bits per heavy atom. The lowest BCUT2D eigenvalue weighted by molar-refractivity contribution is 0.527. The van der Waals surface area contributed by atoms with E-state index in [0.717, 1.165) is 11.3 Å². The molecule has 4 heteroatoms. The van der Waals surface area contributed by atoms with Crippen LogP contribution in [0.1, 0.15) is 22.9 Å². The van der Waals surface area contributed by atoms with Crippen molar-refractivity contribution in [3.05, 3.63) is 63.6 Å². The van der Waals surface area contributed by atoms with Gasteiger partial charge in [0.25, 0.3) is 0 Å². The monoisotopic (exact) mass is 322 g/mol. The second-order valence-corrected chi connectivity index (χ2v) is 5.37. The average Bonchev–Trinajstić information content (AvgIpc) is 2.42. The molecular formula is C15H16BrFN2. The predicted octanol–water partition coefficient (Wildman–Crippen LogP) is 3.79. The Bertz CT molecular complexity index is 555. The summed E-state index contributed by atoms with van der Waals surface area (Å²) in [5, 5.41) is 3.15. The maximum Gasteiger partial charge on any atom is 0.142 e. The Kier molecular flexibility index (Phi) is 4.66. The highest BCUT2D eigenvalue weighted by Gasteiger charge is 2.16. The van der Waals surface area contributed by atoms with E-state index in [2.05, 4.69) is 26.2 Å². The summed E-state index contributed by atoms with van der Waals surface area (Å²) in [6.45, 7) is 2.00. The van der Waals surface area contributed by atoms with Crippen LogP contribution in [0.25, 0.3) is 0 Å². The number of pyridine rings is 1. The standard InChI is InChI=1S/C15H16BrFN2/c1-10-6-7-11(19-9-10)8-14(18-2)12-4-3-5-13(16)15(12)17/h3-7,9,14,18H,8H2,1-2H3. The third-order valence-electron chi connectivity index (χ3n) is 3.09. The third-order valence-corrected chi connectivity index (χ3v) is 3.70. The molecule has 1 N–H and O–H groups in total. The Hall–Kier alpha value is -1.26. The first-order valence-corrected chi connectivity index (χ1v) is 6.94. The number of aromatic nitrogens is 1. The number of rotatable bonds is 4. The summed E-state index contributed by atoms with van der Waals surface area (Å²) in [6.07, 6.45) is 2.49. The SMILES string of the molecule is CNC(Cc1ccc(C)cn1)c1cccc(Br)c1F. The van der Waals surface area contributed by atoms with Crippen LogP contribution in [0.2, 0.25) is 0 Å². The maximum atomic E-state index is 14.1. The van der Waals surface area contributed by atoms with Gasteiger partial charge in [0, 0.05) is 29.9 Å². The lowest BCUT2D eigenvalue weighted by atomic mass is 10.0. The molecule has 2 aromatic rings. The van der Waals surface area contributed by atoms with Crippen molar-refractivity contribution >= 4 is 15.9 Å². The van der Waals surface area contributed by atoms with Crippen LogP contribution < -0.4 is 5.32 Å². The van der Waals surface area contributed by atoms with Crippen molar-refractivity contribution < 1.29 is 4.39 Å². The van der Waals surface area contributed by atoms with Gasteiger partial charge in [0.2, 0.25) is 0 Å². The van der Waals surface area contributed by atoms with E-state index in [4.69, 9.17) is 0 Å². The molecule has 0 aliphatic carbocycles. The molecule has 100 valence electrons. The zero-order valence-corrected chi connectivity index (χ0v) is 12.5. The zero-order valence-electron chi connectivity index (χ0n) is 11.0. The first kappa shape index (κ1) is 14.2. The normalized spacial score (nSPS) is 12.4. The number of nitrogens with one attached hydrogen (secondary N) is 1. The zero-order chi connectivity index (χ0) is 13.8. The van der Waals surface area contributed by atoms with Gasteiger partial charge in [-0.25, -0.2) is 4.39 Å². The van der Waals surface area contributed by atoms with E-state index in [9.17, 15) is 4.39 Å². The van der Waals surface area contributed by atoms with E-state index in [1.54, 1.807) is 12.1 Å². The molecule has 1 aromatic heterocycles. The van der Waals surface area contributed by atoms with Gasteiger partial charge in [0.05, 0.1) is 4.47 Å². The molecule has 0 radical (unpaired) electrons. The van der Waals surface area contributed by atoms with Crippen molar-refractivity contribution in [2.45, 2.75) is 19.4 Å². The van der Waals surface area contributed by atoms with Crippen LogP contribution in [0.5, 0.6) is 0 Å². The molecule has 0 saturated carbocycles. The molecule has 19 heavy (non-hydrogen) atoms. The van der Waals surface area contributed by atoms with Crippen LogP contribution in [0, 0.1) is 12.7 Å². The smallest absolute Gasteiger partial charge is 0.142 e. The number of likely N-dealkylation sites (N-methyl/N-ethyl adjacent to an activating group) is 1. The molecule has 0 spiro atoms. The Labute approximate surface area is 121 Å². The summed E-state index contributed by atoms with van der Waals surface area (Å²) in [5.41, 5.74) is 2.72. The molecule has 2 nitrogen and oxygen atoms in total. The lowest BCUT2D eigenvalue weighted by Gasteiger charge is -2.17. The molecule has 0 aliphatic heterocycles. The first-order chi connectivity index (χ1) is 9.11. The molecule has 0 fully saturated rings. The Balaban J connectivity index is 2.25. The quantitative estimate of drug-likeness (QED) is 0.926. The lowest BCUT2D eigenvalue weighted by Crippen LogP contribution is -2.20. The van der Waals surface area contributed by atoms with Gasteiger partial charge in [0.15, 0.2) is 0 Å². The van der Waals surface area contributed by atoms with E-state index >= 15 is 0 Å². The Morgan fingerprint density at radius 3 is 2.74 bits per heavy atom. The van der Waals surface area contributed by atoms with Gasteiger partial charge in [0.1, 0.15) is 5.82 Å². The fourth-order valence-electron chi connectivity index (χ4n) is 1.99. The van der Waals surface area contributed by atoms with E-state index in [1.807, 2.05) is 38.4 Å². The number of hydrogen-bond acceptors (Lipinski definition) is 2. The topological polar surface area (TPSA) is 24.9 Å². The highest BCUT2D eigenvalue weighted by atomic mass is 79.9. The van der Waals surface area contributed by atoms with Crippen molar-refractivity contribution in [3.8, 4) is 0 Å². The van der Waals surface area contributed by atoms with Gasteiger partial charge in [-0.2, -0.15) is 0 Å².